The van der Waals surface area contributed by atoms with E-state index in [1.165, 1.54) is 0 Å². The molecule has 1 aliphatic heterocycles. The zero-order chi connectivity index (χ0) is 21.3. The first-order valence-electron chi connectivity index (χ1n) is 9.85. The van der Waals surface area contributed by atoms with Gasteiger partial charge in [0.1, 0.15) is 19.8 Å². The summed E-state index contributed by atoms with van der Waals surface area (Å²) in [7, 11) is 0. The van der Waals surface area contributed by atoms with Crippen LogP contribution in [0.5, 0.6) is 11.5 Å². The average molecular weight is 409 g/mol. The number of aromatic amines is 1. The van der Waals surface area contributed by atoms with Gasteiger partial charge in [0, 0.05) is 0 Å². The van der Waals surface area contributed by atoms with Gasteiger partial charge in [0.2, 0.25) is 5.91 Å². The summed E-state index contributed by atoms with van der Waals surface area (Å²) >= 11 is 0. The van der Waals surface area contributed by atoms with Crippen LogP contribution in [0.1, 0.15) is 25.5 Å². The Kier molecular flexibility index (Phi) is 5.31. The summed E-state index contributed by atoms with van der Waals surface area (Å²) in [6, 6.07) is 11.8. The number of ether oxygens (including phenoxy) is 2. The quantitative estimate of drug-likeness (QED) is 0.671. The van der Waals surface area contributed by atoms with Crippen LogP contribution in [-0.4, -0.2) is 28.9 Å². The molecular formula is C22H23N3O5. The van der Waals surface area contributed by atoms with Gasteiger partial charge in [-0.05, 0) is 35.7 Å². The van der Waals surface area contributed by atoms with Crippen molar-refractivity contribution in [2.24, 2.45) is 5.92 Å². The number of nitrogens with one attached hydrogen (secondary N) is 2. The van der Waals surface area contributed by atoms with Gasteiger partial charge >= 0.3 is 0 Å². The maximum atomic E-state index is 12.7. The van der Waals surface area contributed by atoms with Crippen molar-refractivity contribution in [3.63, 3.8) is 0 Å². The molecule has 0 saturated carbocycles. The van der Waals surface area contributed by atoms with Crippen molar-refractivity contribution in [3.8, 4) is 11.5 Å². The molecule has 0 radical (unpaired) electrons. The smallest absolute Gasteiger partial charge is 0.273 e. The maximum Gasteiger partial charge on any atom is 0.273 e. The fraction of sp³-hybridized carbons (Fsp3) is 0.318. The molecule has 8 heteroatoms. The van der Waals surface area contributed by atoms with E-state index in [9.17, 15) is 14.4 Å². The average Bonchev–Trinajstić information content (AvgIpc) is 2.75. The van der Waals surface area contributed by atoms with Crippen molar-refractivity contribution < 1.29 is 14.3 Å². The Hall–Kier alpha value is -3.55. The van der Waals surface area contributed by atoms with Crippen LogP contribution in [0.15, 0.2) is 52.1 Å². The standard InChI is InChI=1S/C22H23N3O5/c1-13(2)20(14-7-8-17-18(11-14)30-10-9-29-17)23-19(26)12-25-22(28)16-6-4-3-5-15(16)21(27)24-25/h3-8,11,13,20H,9-10,12H2,1-2H3,(H,23,26)(H,24,27)/t20-/m1/s1. The number of carbonyl (C=O) groups excluding carboxylic acids is 1. The van der Waals surface area contributed by atoms with E-state index in [0.29, 0.717) is 30.1 Å². The topological polar surface area (TPSA) is 102 Å². The van der Waals surface area contributed by atoms with Crippen LogP contribution in [0.4, 0.5) is 0 Å². The molecule has 0 spiro atoms. The molecule has 2 aromatic carbocycles. The van der Waals surface area contributed by atoms with E-state index in [2.05, 4.69) is 10.4 Å². The van der Waals surface area contributed by atoms with Crippen molar-refractivity contribution in [1.82, 2.24) is 15.1 Å². The fourth-order valence-electron chi connectivity index (χ4n) is 3.61. The lowest BCUT2D eigenvalue weighted by molar-refractivity contribution is -0.123. The Morgan fingerprint density at radius 2 is 1.77 bits per heavy atom. The monoisotopic (exact) mass is 409 g/mol. The van der Waals surface area contributed by atoms with E-state index in [-0.39, 0.29) is 29.8 Å². The number of aromatic nitrogens is 2. The van der Waals surface area contributed by atoms with Gasteiger partial charge in [-0.3, -0.25) is 19.5 Å². The predicted octanol–water partition coefficient (Wildman–Crippen LogP) is 1.97. The molecule has 1 atom stereocenters. The van der Waals surface area contributed by atoms with E-state index in [0.717, 1.165) is 10.2 Å². The second kappa shape index (κ2) is 8.06. The highest BCUT2D eigenvalue weighted by molar-refractivity contribution is 5.81. The first-order chi connectivity index (χ1) is 14.4. The van der Waals surface area contributed by atoms with E-state index in [1.807, 2.05) is 32.0 Å². The number of rotatable bonds is 5. The molecule has 2 heterocycles. The molecule has 0 saturated heterocycles. The SMILES string of the molecule is CC(C)[C@@H](NC(=O)Cn1[nH]c(=O)c2ccccc2c1=O)c1ccc2c(c1)OCCO2. The fourth-order valence-corrected chi connectivity index (χ4v) is 3.61. The lowest BCUT2D eigenvalue weighted by Crippen LogP contribution is -2.39. The zero-order valence-electron chi connectivity index (χ0n) is 16.8. The number of amides is 1. The summed E-state index contributed by atoms with van der Waals surface area (Å²) in [4.78, 5) is 37.6. The summed E-state index contributed by atoms with van der Waals surface area (Å²) in [5, 5.41) is 6.03. The summed E-state index contributed by atoms with van der Waals surface area (Å²) < 4.78 is 12.2. The molecule has 0 bridgehead atoms. The Labute approximate surface area is 172 Å². The maximum absolute atomic E-state index is 12.7. The predicted molar refractivity (Wildman–Crippen MR) is 112 cm³/mol. The first-order valence-corrected chi connectivity index (χ1v) is 9.85. The van der Waals surface area contributed by atoms with Crippen LogP contribution >= 0.6 is 0 Å². The van der Waals surface area contributed by atoms with E-state index >= 15 is 0 Å². The third kappa shape index (κ3) is 3.80. The minimum absolute atomic E-state index is 0.0869. The van der Waals surface area contributed by atoms with Gasteiger partial charge in [0.25, 0.3) is 11.1 Å². The second-order valence-electron chi connectivity index (χ2n) is 7.57. The number of hydrogen-bond donors (Lipinski definition) is 2. The largest absolute Gasteiger partial charge is 0.486 e. The molecule has 0 fully saturated rings. The van der Waals surface area contributed by atoms with E-state index < -0.39 is 11.1 Å². The van der Waals surface area contributed by atoms with Crippen molar-refractivity contribution in [2.45, 2.75) is 26.4 Å². The second-order valence-corrected chi connectivity index (χ2v) is 7.57. The van der Waals surface area contributed by atoms with Gasteiger partial charge in [-0.1, -0.05) is 32.0 Å². The molecular weight excluding hydrogens is 386 g/mol. The van der Waals surface area contributed by atoms with Gasteiger partial charge in [0.15, 0.2) is 11.5 Å². The molecule has 30 heavy (non-hydrogen) atoms. The van der Waals surface area contributed by atoms with Crippen LogP contribution in [0, 0.1) is 5.92 Å². The highest BCUT2D eigenvalue weighted by Crippen LogP contribution is 2.34. The molecule has 156 valence electrons. The van der Waals surface area contributed by atoms with Crippen LogP contribution in [-0.2, 0) is 11.3 Å². The number of hydrogen-bond acceptors (Lipinski definition) is 5. The zero-order valence-corrected chi connectivity index (χ0v) is 16.8. The Morgan fingerprint density at radius 1 is 1.07 bits per heavy atom. The van der Waals surface area contributed by atoms with Gasteiger partial charge in [-0.15, -0.1) is 0 Å². The minimum atomic E-state index is -0.416. The Morgan fingerprint density at radius 3 is 2.50 bits per heavy atom. The summed E-state index contributed by atoms with van der Waals surface area (Å²) in [5.41, 5.74) is 0.0490. The van der Waals surface area contributed by atoms with Gasteiger partial charge < -0.3 is 14.8 Å². The van der Waals surface area contributed by atoms with E-state index in [1.54, 1.807) is 24.3 Å². The highest BCUT2D eigenvalue weighted by atomic mass is 16.6. The number of carbonyl (C=O) groups is 1. The van der Waals surface area contributed by atoms with Crippen molar-refractivity contribution in [1.29, 1.82) is 0 Å². The number of nitrogens with zero attached hydrogens (tertiary/aromatic N) is 1. The van der Waals surface area contributed by atoms with Crippen molar-refractivity contribution in [2.75, 3.05) is 13.2 Å². The molecule has 1 amide bonds. The van der Waals surface area contributed by atoms with Crippen molar-refractivity contribution >= 4 is 16.7 Å². The minimum Gasteiger partial charge on any atom is -0.486 e. The molecule has 2 N–H and O–H groups in total. The first kappa shape index (κ1) is 19.8. The van der Waals surface area contributed by atoms with E-state index in [4.69, 9.17) is 9.47 Å². The van der Waals surface area contributed by atoms with Crippen LogP contribution < -0.4 is 25.9 Å². The molecule has 1 aromatic heterocycles. The molecule has 1 aliphatic rings. The third-order valence-electron chi connectivity index (χ3n) is 5.09. The lowest BCUT2D eigenvalue weighted by Gasteiger charge is -2.25. The highest BCUT2D eigenvalue weighted by Gasteiger charge is 2.22. The van der Waals surface area contributed by atoms with Gasteiger partial charge in [0.05, 0.1) is 16.8 Å². The third-order valence-corrected chi connectivity index (χ3v) is 5.09. The normalized spacial score (nSPS) is 14.0. The van der Waals surface area contributed by atoms with Crippen molar-refractivity contribution in [3.05, 3.63) is 68.7 Å². The van der Waals surface area contributed by atoms with Gasteiger partial charge in [-0.25, -0.2) is 4.68 Å². The Bertz CT molecular complexity index is 1210. The van der Waals surface area contributed by atoms with Crippen LogP contribution in [0.3, 0.4) is 0 Å². The van der Waals surface area contributed by atoms with Crippen LogP contribution in [0.2, 0.25) is 0 Å². The molecule has 0 unspecified atom stereocenters. The van der Waals surface area contributed by atoms with Crippen LogP contribution in [0.25, 0.3) is 10.8 Å². The molecule has 4 rings (SSSR count). The van der Waals surface area contributed by atoms with Gasteiger partial charge in [-0.2, -0.15) is 0 Å². The number of benzene rings is 2. The summed E-state index contributed by atoms with van der Waals surface area (Å²) in [6.07, 6.45) is 0. The Balaban J connectivity index is 1.58. The summed E-state index contributed by atoms with van der Waals surface area (Å²) in [6.45, 7) is 4.69. The number of H-pyrrole nitrogens is 1. The lowest BCUT2D eigenvalue weighted by atomic mass is 9.95. The number of fused-ring (bicyclic) bond motifs is 2. The summed E-state index contributed by atoms with van der Waals surface area (Å²) in [5.74, 6) is 1.04. The molecule has 8 nitrogen and oxygen atoms in total. The molecule has 0 aliphatic carbocycles. The molecule has 3 aromatic rings.